The number of hydrogen-bond donors (Lipinski definition) is 1. The molecule has 8 heteroatoms. The average molecular weight is 445 g/mol. The van der Waals surface area contributed by atoms with E-state index in [4.69, 9.17) is 0 Å². The fraction of sp³-hybridized carbons (Fsp3) is 0.652. The monoisotopic (exact) mass is 444 g/mol. The number of fused-ring (bicyclic) bond motifs is 1. The first-order valence-electron chi connectivity index (χ1n) is 11.5. The number of aryl methyl sites for hydroxylation is 1. The van der Waals surface area contributed by atoms with Gasteiger partial charge in [-0.2, -0.15) is 0 Å². The summed E-state index contributed by atoms with van der Waals surface area (Å²) in [7, 11) is 0. The Kier molecular flexibility index (Phi) is 6.74. The van der Waals surface area contributed by atoms with Gasteiger partial charge < -0.3 is 10.2 Å². The molecule has 0 unspecified atom stereocenters. The van der Waals surface area contributed by atoms with Crippen LogP contribution in [0.1, 0.15) is 73.5 Å². The zero-order chi connectivity index (χ0) is 22.0. The van der Waals surface area contributed by atoms with Crippen molar-refractivity contribution in [1.29, 1.82) is 0 Å². The molecule has 0 atom stereocenters. The Morgan fingerprint density at radius 3 is 2.48 bits per heavy atom. The van der Waals surface area contributed by atoms with Crippen molar-refractivity contribution in [2.45, 2.75) is 77.8 Å². The smallest absolute Gasteiger partial charge is 0.262 e. The van der Waals surface area contributed by atoms with Crippen molar-refractivity contribution in [2.75, 3.05) is 13.1 Å². The van der Waals surface area contributed by atoms with Crippen molar-refractivity contribution >= 4 is 33.4 Å². The van der Waals surface area contributed by atoms with Crippen LogP contribution in [-0.4, -0.2) is 45.4 Å². The predicted molar refractivity (Wildman–Crippen MR) is 123 cm³/mol. The average Bonchev–Trinajstić information content (AvgIpc) is 2.91. The highest BCUT2D eigenvalue weighted by molar-refractivity contribution is 7.20. The first-order chi connectivity index (χ1) is 14.9. The van der Waals surface area contributed by atoms with E-state index in [1.165, 1.54) is 35.1 Å². The minimum atomic E-state index is -0.244. The number of rotatable bonds is 4. The molecule has 2 aliphatic rings. The Morgan fingerprint density at radius 2 is 1.81 bits per heavy atom. The molecule has 31 heavy (non-hydrogen) atoms. The molecule has 2 aromatic rings. The number of likely N-dealkylation sites (tertiary alicyclic amines) is 1. The largest absolute Gasteiger partial charge is 0.349 e. The lowest BCUT2D eigenvalue weighted by atomic mass is 9.99. The van der Waals surface area contributed by atoms with Crippen molar-refractivity contribution in [2.24, 2.45) is 5.92 Å². The van der Waals surface area contributed by atoms with Gasteiger partial charge in [-0.15, -0.1) is 11.3 Å². The molecule has 7 nitrogen and oxygen atoms in total. The van der Waals surface area contributed by atoms with E-state index in [0.29, 0.717) is 26.6 Å². The highest BCUT2D eigenvalue weighted by atomic mass is 32.1. The van der Waals surface area contributed by atoms with Crippen LogP contribution in [0.15, 0.2) is 11.1 Å². The van der Waals surface area contributed by atoms with E-state index in [0.717, 1.165) is 51.6 Å². The van der Waals surface area contributed by atoms with Gasteiger partial charge in [0, 0.05) is 19.1 Å². The summed E-state index contributed by atoms with van der Waals surface area (Å²) in [6, 6.07) is 0.203. The van der Waals surface area contributed by atoms with Crippen LogP contribution in [0, 0.1) is 12.8 Å². The summed E-state index contributed by atoms with van der Waals surface area (Å²) in [5.74, 6) is 0.479. The molecular formula is C23H32N4O3S. The first kappa shape index (κ1) is 22.0. The lowest BCUT2D eigenvalue weighted by molar-refractivity contribution is -0.133. The van der Waals surface area contributed by atoms with Crippen LogP contribution >= 0.6 is 11.3 Å². The zero-order valence-corrected chi connectivity index (χ0v) is 19.3. The van der Waals surface area contributed by atoms with Gasteiger partial charge in [-0.3, -0.25) is 19.0 Å². The molecule has 1 saturated heterocycles. The van der Waals surface area contributed by atoms with E-state index >= 15 is 0 Å². The molecule has 3 heterocycles. The second-order valence-electron chi connectivity index (χ2n) is 9.14. The topological polar surface area (TPSA) is 84.3 Å². The SMILES string of the molecule is Cc1c(C(=O)NC2CCCCCC2)sc2ncn(CC(=O)N3CCC(C)CC3)c(=O)c12. The summed E-state index contributed by atoms with van der Waals surface area (Å²) in [6.07, 6.45) is 10.2. The fourth-order valence-corrected chi connectivity index (χ4v) is 5.71. The van der Waals surface area contributed by atoms with Gasteiger partial charge in [-0.25, -0.2) is 4.98 Å². The minimum Gasteiger partial charge on any atom is -0.349 e. The molecule has 1 aliphatic carbocycles. The second kappa shape index (κ2) is 9.51. The van der Waals surface area contributed by atoms with Gasteiger partial charge in [-0.05, 0) is 44.1 Å². The number of nitrogens with one attached hydrogen (secondary N) is 1. The molecule has 1 N–H and O–H groups in total. The minimum absolute atomic E-state index is 0.00492. The summed E-state index contributed by atoms with van der Waals surface area (Å²) in [4.78, 5) is 46.1. The number of nitrogens with zero attached hydrogens (tertiary/aromatic N) is 3. The Labute approximate surface area is 186 Å². The summed E-state index contributed by atoms with van der Waals surface area (Å²) in [5, 5.41) is 3.62. The number of hydrogen-bond acceptors (Lipinski definition) is 5. The molecular weight excluding hydrogens is 412 g/mol. The summed E-state index contributed by atoms with van der Waals surface area (Å²) in [5.41, 5.74) is 0.420. The maximum atomic E-state index is 13.1. The van der Waals surface area contributed by atoms with Crippen LogP contribution in [0.2, 0.25) is 0 Å². The molecule has 4 rings (SSSR count). The molecule has 0 aromatic carbocycles. The number of amides is 2. The highest BCUT2D eigenvalue weighted by Crippen LogP contribution is 2.27. The Morgan fingerprint density at radius 1 is 1.13 bits per heavy atom. The summed E-state index contributed by atoms with van der Waals surface area (Å²) >= 11 is 1.26. The normalized spacial score (nSPS) is 18.8. The predicted octanol–water partition coefficient (Wildman–Crippen LogP) is 3.48. The molecule has 168 valence electrons. The lowest BCUT2D eigenvalue weighted by Crippen LogP contribution is -2.41. The number of carbonyl (C=O) groups excluding carboxylic acids is 2. The van der Waals surface area contributed by atoms with Gasteiger partial charge in [0.25, 0.3) is 11.5 Å². The van der Waals surface area contributed by atoms with Crippen LogP contribution in [0.25, 0.3) is 10.2 Å². The third-order valence-corrected chi connectivity index (χ3v) is 7.95. The van der Waals surface area contributed by atoms with Gasteiger partial charge in [0.2, 0.25) is 5.91 Å². The maximum absolute atomic E-state index is 13.1. The fourth-order valence-electron chi connectivity index (χ4n) is 4.67. The summed E-state index contributed by atoms with van der Waals surface area (Å²) < 4.78 is 1.38. The molecule has 2 fully saturated rings. The molecule has 0 spiro atoms. The van der Waals surface area contributed by atoms with Crippen molar-refractivity contribution in [3.8, 4) is 0 Å². The van der Waals surface area contributed by atoms with Gasteiger partial charge in [0.1, 0.15) is 11.4 Å². The lowest BCUT2D eigenvalue weighted by Gasteiger charge is -2.30. The third kappa shape index (κ3) is 4.84. The van der Waals surface area contributed by atoms with Gasteiger partial charge in [0.05, 0.1) is 16.6 Å². The van der Waals surface area contributed by atoms with E-state index in [1.807, 2.05) is 11.8 Å². The van der Waals surface area contributed by atoms with Crippen molar-refractivity contribution < 1.29 is 9.59 Å². The third-order valence-electron chi connectivity index (χ3n) is 6.76. The molecule has 2 amide bonds. The number of piperidine rings is 1. The highest BCUT2D eigenvalue weighted by Gasteiger charge is 2.24. The quantitative estimate of drug-likeness (QED) is 0.732. The number of carbonyl (C=O) groups is 2. The summed E-state index contributed by atoms with van der Waals surface area (Å²) in [6.45, 7) is 5.49. The Balaban J connectivity index is 1.52. The Bertz CT molecular complexity index is 1010. The molecule has 0 bridgehead atoms. The zero-order valence-electron chi connectivity index (χ0n) is 18.5. The first-order valence-corrected chi connectivity index (χ1v) is 12.3. The van der Waals surface area contributed by atoms with E-state index < -0.39 is 0 Å². The van der Waals surface area contributed by atoms with Crippen molar-refractivity contribution in [1.82, 2.24) is 19.8 Å². The molecule has 2 aromatic heterocycles. The maximum Gasteiger partial charge on any atom is 0.262 e. The van der Waals surface area contributed by atoms with Crippen LogP contribution in [-0.2, 0) is 11.3 Å². The van der Waals surface area contributed by atoms with Crippen LogP contribution in [0.4, 0.5) is 0 Å². The van der Waals surface area contributed by atoms with Crippen LogP contribution in [0.3, 0.4) is 0 Å². The van der Waals surface area contributed by atoms with Crippen molar-refractivity contribution in [3.63, 3.8) is 0 Å². The van der Waals surface area contributed by atoms with Gasteiger partial charge in [0.15, 0.2) is 0 Å². The van der Waals surface area contributed by atoms with E-state index in [2.05, 4.69) is 17.2 Å². The van der Waals surface area contributed by atoms with E-state index in [9.17, 15) is 14.4 Å². The van der Waals surface area contributed by atoms with Gasteiger partial charge in [-0.1, -0.05) is 32.6 Å². The second-order valence-corrected chi connectivity index (χ2v) is 10.1. The van der Waals surface area contributed by atoms with Crippen molar-refractivity contribution in [3.05, 3.63) is 27.1 Å². The number of aromatic nitrogens is 2. The Hall–Kier alpha value is -2.22. The molecule has 1 aliphatic heterocycles. The van der Waals surface area contributed by atoms with E-state index in [-0.39, 0.29) is 30.0 Å². The molecule has 0 radical (unpaired) electrons. The van der Waals surface area contributed by atoms with Gasteiger partial charge >= 0.3 is 0 Å². The number of thiophene rings is 1. The standard InChI is InChI=1S/C23H32N4O3S/c1-15-9-11-26(12-10-15)18(28)13-27-14-24-22-19(23(27)30)16(2)20(31-22)21(29)25-17-7-5-3-4-6-8-17/h14-15,17H,3-13H2,1-2H3,(H,25,29). The van der Waals surface area contributed by atoms with E-state index in [1.54, 1.807) is 0 Å². The van der Waals surface area contributed by atoms with Crippen LogP contribution < -0.4 is 10.9 Å². The van der Waals surface area contributed by atoms with Crippen LogP contribution in [0.5, 0.6) is 0 Å². The molecule has 1 saturated carbocycles.